The van der Waals surface area contributed by atoms with Gasteiger partial charge in [0.15, 0.2) is 0 Å². The van der Waals surface area contributed by atoms with Crippen molar-refractivity contribution >= 4 is 5.97 Å². The molecule has 0 spiro atoms. The maximum Gasteiger partial charge on any atom is 0.373 e. The van der Waals surface area contributed by atoms with Crippen molar-refractivity contribution in [2.75, 3.05) is 0 Å². The van der Waals surface area contributed by atoms with E-state index in [4.69, 9.17) is 5.11 Å². The molecule has 0 atom stereocenters. The highest BCUT2D eigenvalue weighted by Gasteiger charge is 2.18. The maximum absolute atomic E-state index is 13.1. The van der Waals surface area contributed by atoms with Crippen LogP contribution in [0.15, 0.2) is 6.33 Å². The normalized spacial score (nSPS) is 11.6. The molecule has 1 aromatic rings. The molecule has 14 heavy (non-hydrogen) atoms. The number of halogens is 1. The standard InChI is InChI=1S/C8H12FN3O2/c1-8(2,9)3-4-12-6(7(13)14)10-5-11-12/h5H,3-4H2,1-2H3,(H,13,14). The number of aromatic carboxylic acids is 1. The molecule has 0 aliphatic rings. The zero-order valence-corrected chi connectivity index (χ0v) is 8.07. The number of carbonyl (C=O) groups is 1. The molecule has 0 aliphatic heterocycles. The summed E-state index contributed by atoms with van der Waals surface area (Å²) in [5, 5.41) is 12.4. The maximum atomic E-state index is 13.1. The van der Waals surface area contributed by atoms with Crippen LogP contribution in [0.2, 0.25) is 0 Å². The molecular weight excluding hydrogens is 189 g/mol. The fourth-order valence-corrected chi connectivity index (χ4v) is 0.965. The summed E-state index contributed by atoms with van der Waals surface area (Å²) in [6, 6.07) is 0. The average molecular weight is 201 g/mol. The first-order chi connectivity index (χ1) is 6.40. The Kier molecular flexibility index (Phi) is 2.83. The number of aryl methyl sites for hydroxylation is 1. The lowest BCUT2D eigenvalue weighted by molar-refractivity contribution is 0.0673. The second-order valence-corrected chi connectivity index (χ2v) is 3.58. The third-order valence-electron chi connectivity index (χ3n) is 1.72. The Bertz CT molecular complexity index is 330. The van der Waals surface area contributed by atoms with Crippen LogP contribution >= 0.6 is 0 Å². The molecule has 1 rings (SSSR count). The van der Waals surface area contributed by atoms with Gasteiger partial charge in [-0.05, 0) is 13.8 Å². The Morgan fingerprint density at radius 3 is 2.86 bits per heavy atom. The number of carboxylic acid groups (broad SMARTS) is 1. The van der Waals surface area contributed by atoms with Gasteiger partial charge in [-0.2, -0.15) is 5.10 Å². The molecule has 0 saturated heterocycles. The molecule has 1 N–H and O–H groups in total. The minimum absolute atomic E-state index is 0.158. The van der Waals surface area contributed by atoms with Crippen molar-refractivity contribution in [2.45, 2.75) is 32.5 Å². The highest BCUT2D eigenvalue weighted by atomic mass is 19.1. The molecular formula is C8H12FN3O2. The predicted molar refractivity (Wildman–Crippen MR) is 46.8 cm³/mol. The summed E-state index contributed by atoms with van der Waals surface area (Å²) in [7, 11) is 0. The van der Waals surface area contributed by atoms with Gasteiger partial charge in [-0.3, -0.25) is 0 Å². The number of nitrogens with zero attached hydrogens (tertiary/aromatic N) is 3. The zero-order chi connectivity index (χ0) is 10.8. The average Bonchev–Trinajstić information content (AvgIpc) is 2.46. The van der Waals surface area contributed by atoms with Gasteiger partial charge in [-0.15, -0.1) is 0 Å². The topological polar surface area (TPSA) is 68.0 Å². The van der Waals surface area contributed by atoms with Gasteiger partial charge in [0.1, 0.15) is 12.0 Å². The van der Waals surface area contributed by atoms with Gasteiger partial charge in [0, 0.05) is 13.0 Å². The first-order valence-corrected chi connectivity index (χ1v) is 4.20. The molecule has 0 aliphatic carbocycles. The van der Waals surface area contributed by atoms with E-state index in [9.17, 15) is 9.18 Å². The Morgan fingerprint density at radius 1 is 1.71 bits per heavy atom. The second kappa shape index (κ2) is 3.73. The highest BCUT2D eigenvalue weighted by molar-refractivity contribution is 5.83. The van der Waals surface area contributed by atoms with E-state index in [0.717, 1.165) is 6.33 Å². The van der Waals surface area contributed by atoms with Crippen molar-refractivity contribution in [1.29, 1.82) is 0 Å². The number of aromatic nitrogens is 3. The quantitative estimate of drug-likeness (QED) is 0.792. The zero-order valence-electron chi connectivity index (χ0n) is 8.07. The van der Waals surface area contributed by atoms with Crippen LogP contribution in [0.1, 0.15) is 30.9 Å². The summed E-state index contributed by atoms with van der Waals surface area (Å²) < 4.78 is 14.3. The highest BCUT2D eigenvalue weighted by Crippen LogP contribution is 2.14. The van der Waals surface area contributed by atoms with E-state index in [2.05, 4.69) is 10.1 Å². The van der Waals surface area contributed by atoms with E-state index < -0.39 is 11.6 Å². The molecule has 0 radical (unpaired) electrons. The Labute approximate surface area is 80.6 Å². The van der Waals surface area contributed by atoms with Gasteiger partial charge >= 0.3 is 5.97 Å². The van der Waals surface area contributed by atoms with Crippen molar-refractivity contribution in [3.8, 4) is 0 Å². The van der Waals surface area contributed by atoms with Crippen LogP contribution in [0.5, 0.6) is 0 Å². The van der Waals surface area contributed by atoms with Crippen LogP contribution in [-0.4, -0.2) is 31.5 Å². The van der Waals surface area contributed by atoms with Crippen molar-refractivity contribution in [3.05, 3.63) is 12.2 Å². The SMILES string of the molecule is CC(C)(F)CCn1ncnc1C(=O)O. The van der Waals surface area contributed by atoms with E-state index in [1.165, 1.54) is 18.5 Å². The van der Waals surface area contributed by atoms with Crippen molar-refractivity contribution in [1.82, 2.24) is 14.8 Å². The summed E-state index contributed by atoms with van der Waals surface area (Å²) in [5.74, 6) is -1.31. The van der Waals surface area contributed by atoms with E-state index in [0.29, 0.717) is 0 Å². The number of hydrogen-bond donors (Lipinski definition) is 1. The van der Waals surface area contributed by atoms with E-state index in [1.807, 2.05) is 0 Å². The Hall–Kier alpha value is -1.46. The van der Waals surface area contributed by atoms with Crippen LogP contribution in [0.25, 0.3) is 0 Å². The molecule has 0 aromatic carbocycles. The van der Waals surface area contributed by atoms with Crippen LogP contribution in [0.4, 0.5) is 4.39 Å². The molecule has 1 aromatic heterocycles. The lowest BCUT2D eigenvalue weighted by Gasteiger charge is -2.13. The summed E-state index contributed by atoms with van der Waals surface area (Å²) in [4.78, 5) is 14.1. The minimum Gasteiger partial charge on any atom is -0.475 e. The Balaban J connectivity index is 2.68. The molecule has 1 heterocycles. The van der Waals surface area contributed by atoms with Gasteiger partial charge in [0.2, 0.25) is 5.82 Å². The molecule has 0 bridgehead atoms. The van der Waals surface area contributed by atoms with Crippen LogP contribution in [0.3, 0.4) is 0 Å². The number of rotatable bonds is 4. The summed E-state index contributed by atoms with van der Waals surface area (Å²) in [6.07, 6.45) is 1.35. The van der Waals surface area contributed by atoms with Gasteiger partial charge in [-0.25, -0.2) is 18.9 Å². The molecule has 0 unspecified atom stereocenters. The van der Waals surface area contributed by atoms with Crippen molar-refractivity contribution in [2.24, 2.45) is 0 Å². The fraction of sp³-hybridized carbons (Fsp3) is 0.625. The molecule has 0 saturated carbocycles. The molecule has 5 nitrogen and oxygen atoms in total. The first-order valence-electron chi connectivity index (χ1n) is 4.20. The number of alkyl halides is 1. The molecule has 6 heteroatoms. The van der Waals surface area contributed by atoms with Crippen molar-refractivity contribution < 1.29 is 14.3 Å². The van der Waals surface area contributed by atoms with Crippen LogP contribution in [0, 0.1) is 0 Å². The van der Waals surface area contributed by atoms with Gasteiger partial charge in [-0.1, -0.05) is 0 Å². The smallest absolute Gasteiger partial charge is 0.373 e. The lowest BCUT2D eigenvalue weighted by Crippen LogP contribution is -2.19. The monoisotopic (exact) mass is 201 g/mol. The minimum atomic E-state index is -1.33. The van der Waals surface area contributed by atoms with Crippen molar-refractivity contribution in [3.63, 3.8) is 0 Å². The van der Waals surface area contributed by atoms with Gasteiger partial charge < -0.3 is 5.11 Å². The van der Waals surface area contributed by atoms with Gasteiger partial charge in [0.25, 0.3) is 0 Å². The number of carboxylic acids is 1. The third kappa shape index (κ3) is 2.79. The molecule has 0 fully saturated rings. The first kappa shape index (κ1) is 10.6. The molecule has 0 amide bonds. The summed E-state index contributed by atoms with van der Waals surface area (Å²) >= 11 is 0. The molecule has 78 valence electrons. The lowest BCUT2D eigenvalue weighted by atomic mass is 10.1. The third-order valence-corrected chi connectivity index (χ3v) is 1.72. The van der Waals surface area contributed by atoms with E-state index in [1.54, 1.807) is 0 Å². The van der Waals surface area contributed by atoms with Crippen LogP contribution in [-0.2, 0) is 6.54 Å². The second-order valence-electron chi connectivity index (χ2n) is 3.58. The predicted octanol–water partition coefficient (Wildman–Crippen LogP) is 1.11. The van der Waals surface area contributed by atoms with E-state index >= 15 is 0 Å². The largest absolute Gasteiger partial charge is 0.475 e. The fourth-order valence-electron chi connectivity index (χ4n) is 0.965. The van der Waals surface area contributed by atoms with E-state index in [-0.39, 0.29) is 18.8 Å². The number of hydrogen-bond acceptors (Lipinski definition) is 3. The van der Waals surface area contributed by atoms with Gasteiger partial charge in [0.05, 0.1) is 0 Å². The summed E-state index contributed by atoms with van der Waals surface area (Å²) in [6.45, 7) is 3.08. The Morgan fingerprint density at radius 2 is 2.36 bits per heavy atom. The summed E-state index contributed by atoms with van der Waals surface area (Å²) in [5.41, 5.74) is -1.33. The van der Waals surface area contributed by atoms with Crippen LogP contribution < -0.4 is 0 Å².